The van der Waals surface area contributed by atoms with Gasteiger partial charge in [0.15, 0.2) is 6.29 Å². The highest BCUT2D eigenvalue weighted by Gasteiger charge is 2.14. The van der Waals surface area contributed by atoms with E-state index >= 15 is 0 Å². The molecule has 0 bridgehead atoms. The highest BCUT2D eigenvalue weighted by Crippen LogP contribution is 2.19. The summed E-state index contributed by atoms with van der Waals surface area (Å²) in [5, 5.41) is 20.6. The molecule has 1 aromatic heterocycles. The molecule has 0 unspecified atom stereocenters. The van der Waals surface area contributed by atoms with Crippen molar-refractivity contribution < 1.29 is 15.0 Å². The minimum atomic E-state index is -0.593. The van der Waals surface area contributed by atoms with Gasteiger partial charge < -0.3 is 15.5 Å². The van der Waals surface area contributed by atoms with Gasteiger partial charge in [0.05, 0.1) is 24.8 Å². The quantitative estimate of drug-likeness (QED) is 0.500. The highest BCUT2D eigenvalue weighted by atomic mass is 35.5. The van der Waals surface area contributed by atoms with Crippen molar-refractivity contribution in [1.82, 2.24) is 9.97 Å². The lowest BCUT2D eigenvalue weighted by molar-refractivity contribution is 0.112. The summed E-state index contributed by atoms with van der Waals surface area (Å²) in [6.07, 6.45) is 0.524. The van der Waals surface area contributed by atoms with Crippen LogP contribution >= 0.6 is 11.6 Å². The molecule has 7 heteroatoms. The van der Waals surface area contributed by atoms with Crippen molar-refractivity contribution in [1.29, 1.82) is 0 Å². The molecule has 0 spiro atoms. The topological polar surface area (TPSA) is 95.3 Å². The van der Waals surface area contributed by atoms with Crippen molar-refractivity contribution in [3.63, 3.8) is 0 Å². The van der Waals surface area contributed by atoms with Gasteiger partial charge in [0, 0.05) is 0 Å². The molecule has 0 amide bonds. The van der Waals surface area contributed by atoms with Crippen LogP contribution in [0.1, 0.15) is 16.2 Å². The summed E-state index contributed by atoms with van der Waals surface area (Å²) in [5.41, 5.74) is 0.110. The van der Waals surface area contributed by atoms with Gasteiger partial charge in [-0.05, 0) is 6.92 Å². The standard InChI is InChI=1S/C9H12ClN3O3/c1-5-11-8(10)7(4-16)9(12-5)13-6(2-14)3-15/h4,6,14-15H,2-3H2,1H3,(H,11,12,13). The Bertz CT molecular complexity index is 383. The van der Waals surface area contributed by atoms with Crippen molar-refractivity contribution in [2.45, 2.75) is 13.0 Å². The number of nitrogens with zero attached hydrogens (tertiary/aromatic N) is 2. The van der Waals surface area contributed by atoms with Gasteiger partial charge in [-0.1, -0.05) is 11.6 Å². The summed E-state index contributed by atoms with van der Waals surface area (Å²) in [6, 6.07) is -0.593. The Balaban J connectivity index is 3.06. The van der Waals surface area contributed by atoms with Crippen molar-refractivity contribution in [3.05, 3.63) is 16.5 Å². The van der Waals surface area contributed by atoms with Gasteiger partial charge in [-0.2, -0.15) is 0 Å². The summed E-state index contributed by atoms with van der Waals surface area (Å²) in [4.78, 5) is 18.6. The number of hydrogen-bond acceptors (Lipinski definition) is 6. The molecule has 0 aliphatic carbocycles. The lowest BCUT2D eigenvalue weighted by atomic mass is 10.3. The van der Waals surface area contributed by atoms with Crippen molar-refractivity contribution in [2.75, 3.05) is 18.5 Å². The summed E-state index contributed by atoms with van der Waals surface area (Å²) in [6.45, 7) is 1.06. The number of aldehydes is 1. The van der Waals surface area contributed by atoms with Crippen LogP contribution in [-0.4, -0.2) is 45.7 Å². The molecular weight excluding hydrogens is 234 g/mol. The van der Waals surface area contributed by atoms with Crippen LogP contribution in [0.5, 0.6) is 0 Å². The van der Waals surface area contributed by atoms with E-state index in [-0.39, 0.29) is 29.7 Å². The highest BCUT2D eigenvalue weighted by molar-refractivity contribution is 6.32. The molecule has 1 rings (SSSR count). The van der Waals surface area contributed by atoms with E-state index in [0.29, 0.717) is 12.1 Å². The van der Waals surface area contributed by atoms with Crippen LogP contribution in [0.25, 0.3) is 0 Å². The van der Waals surface area contributed by atoms with E-state index in [9.17, 15) is 4.79 Å². The third kappa shape index (κ3) is 2.88. The van der Waals surface area contributed by atoms with Crippen LogP contribution in [0.2, 0.25) is 5.15 Å². The Morgan fingerprint density at radius 1 is 1.44 bits per heavy atom. The van der Waals surface area contributed by atoms with Crippen LogP contribution in [-0.2, 0) is 0 Å². The predicted octanol–water partition coefficient (Wildman–Crippen LogP) is 0.0160. The van der Waals surface area contributed by atoms with E-state index < -0.39 is 6.04 Å². The lowest BCUT2D eigenvalue weighted by Gasteiger charge is -2.15. The molecule has 0 saturated carbocycles. The van der Waals surface area contributed by atoms with Crippen LogP contribution in [0.4, 0.5) is 5.82 Å². The average molecular weight is 246 g/mol. The number of rotatable bonds is 5. The first-order valence-electron chi connectivity index (χ1n) is 4.60. The van der Waals surface area contributed by atoms with Gasteiger partial charge in [-0.3, -0.25) is 4.79 Å². The molecular formula is C9H12ClN3O3. The second-order valence-electron chi connectivity index (χ2n) is 3.15. The van der Waals surface area contributed by atoms with E-state index in [4.69, 9.17) is 21.8 Å². The maximum atomic E-state index is 10.8. The Labute approximate surface area is 97.3 Å². The molecule has 88 valence electrons. The van der Waals surface area contributed by atoms with Crippen molar-refractivity contribution in [3.8, 4) is 0 Å². The van der Waals surface area contributed by atoms with E-state index in [1.54, 1.807) is 6.92 Å². The van der Waals surface area contributed by atoms with Gasteiger partial charge in [-0.25, -0.2) is 9.97 Å². The second-order valence-corrected chi connectivity index (χ2v) is 3.51. The summed E-state index contributed by atoms with van der Waals surface area (Å²) in [7, 11) is 0. The fourth-order valence-corrected chi connectivity index (χ4v) is 1.36. The fourth-order valence-electron chi connectivity index (χ4n) is 1.10. The summed E-state index contributed by atoms with van der Waals surface area (Å²) >= 11 is 5.76. The third-order valence-electron chi connectivity index (χ3n) is 1.91. The number of aliphatic hydroxyl groups excluding tert-OH is 2. The number of carbonyl (C=O) groups is 1. The first kappa shape index (κ1) is 12.8. The lowest BCUT2D eigenvalue weighted by Crippen LogP contribution is -2.29. The van der Waals surface area contributed by atoms with Crippen LogP contribution in [0.3, 0.4) is 0 Å². The van der Waals surface area contributed by atoms with E-state index in [1.165, 1.54) is 0 Å². The number of nitrogens with one attached hydrogen (secondary N) is 1. The molecule has 0 aliphatic rings. The molecule has 0 saturated heterocycles. The zero-order valence-electron chi connectivity index (χ0n) is 8.64. The molecule has 1 aromatic rings. The Kier molecular flexibility index (Phi) is 4.60. The predicted molar refractivity (Wildman–Crippen MR) is 58.7 cm³/mol. The minimum Gasteiger partial charge on any atom is -0.394 e. The molecule has 0 fully saturated rings. The third-order valence-corrected chi connectivity index (χ3v) is 2.20. The summed E-state index contributed by atoms with van der Waals surface area (Å²) in [5.74, 6) is 0.605. The zero-order chi connectivity index (χ0) is 12.1. The molecule has 16 heavy (non-hydrogen) atoms. The maximum absolute atomic E-state index is 10.8. The number of halogens is 1. The number of anilines is 1. The zero-order valence-corrected chi connectivity index (χ0v) is 9.40. The van der Waals surface area contributed by atoms with Gasteiger partial charge in [0.2, 0.25) is 0 Å². The van der Waals surface area contributed by atoms with Crippen molar-refractivity contribution in [2.24, 2.45) is 0 Å². The van der Waals surface area contributed by atoms with E-state index in [1.807, 2.05) is 0 Å². The molecule has 0 radical (unpaired) electrons. The molecule has 0 atom stereocenters. The Morgan fingerprint density at radius 3 is 2.56 bits per heavy atom. The Morgan fingerprint density at radius 2 is 2.06 bits per heavy atom. The maximum Gasteiger partial charge on any atom is 0.156 e. The Hall–Kier alpha value is -1.24. The average Bonchev–Trinajstić information content (AvgIpc) is 2.25. The van der Waals surface area contributed by atoms with Crippen LogP contribution in [0, 0.1) is 6.92 Å². The molecule has 0 aliphatic heterocycles. The monoisotopic (exact) mass is 245 g/mol. The normalized spacial score (nSPS) is 10.6. The number of hydrogen-bond donors (Lipinski definition) is 3. The van der Waals surface area contributed by atoms with E-state index in [2.05, 4.69) is 15.3 Å². The summed E-state index contributed by atoms with van der Waals surface area (Å²) < 4.78 is 0. The number of aryl methyl sites for hydroxylation is 1. The fraction of sp³-hybridized carbons (Fsp3) is 0.444. The second kappa shape index (κ2) is 5.74. The molecule has 0 aromatic carbocycles. The van der Waals surface area contributed by atoms with Gasteiger partial charge in [0.1, 0.15) is 16.8 Å². The van der Waals surface area contributed by atoms with Crippen LogP contribution in [0.15, 0.2) is 0 Å². The number of aromatic nitrogens is 2. The first-order chi connectivity index (χ1) is 7.62. The van der Waals surface area contributed by atoms with E-state index in [0.717, 1.165) is 0 Å². The molecule has 3 N–H and O–H groups in total. The van der Waals surface area contributed by atoms with Gasteiger partial charge in [-0.15, -0.1) is 0 Å². The van der Waals surface area contributed by atoms with Gasteiger partial charge >= 0.3 is 0 Å². The smallest absolute Gasteiger partial charge is 0.156 e. The first-order valence-corrected chi connectivity index (χ1v) is 4.97. The van der Waals surface area contributed by atoms with Crippen molar-refractivity contribution >= 4 is 23.7 Å². The number of aliphatic hydroxyl groups is 2. The molecule has 1 heterocycles. The largest absolute Gasteiger partial charge is 0.394 e. The number of carbonyl (C=O) groups excluding carboxylic acids is 1. The van der Waals surface area contributed by atoms with Gasteiger partial charge in [0.25, 0.3) is 0 Å². The SMILES string of the molecule is Cc1nc(Cl)c(C=O)c(NC(CO)CO)n1. The van der Waals surface area contributed by atoms with Crippen LogP contribution < -0.4 is 5.32 Å². The minimum absolute atomic E-state index is 0.0413. The molecule has 6 nitrogen and oxygen atoms in total.